The SMILES string of the molecule is Cc1ccc([C@@H](CCC[NH2+]Cc2ccc3c(c2)OCO3)[C@H]2CCOC(C)(C)C2)cc1. The van der Waals surface area contributed by atoms with E-state index in [2.05, 4.69) is 62.5 Å². The van der Waals surface area contributed by atoms with Crippen LogP contribution in [0.15, 0.2) is 42.5 Å². The number of rotatable bonds is 8. The molecule has 1 saturated heterocycles. The fraction of sp³-hybridized carbons (Fsp3) is 0.538. The fourth-order valence-corrected chi connectivity index (χ4v) is 4.93. The van der Waals surface area contributed by atoms with Gasteiger partial charge >= 0.3 is 0 Å². The number of benzene rings is 2. The first kappa shape index (κ1) is 21.2. The third kappa shape index (κ3) is 5.35. The van der Waals surface area contributed by atoms with Gasteiger partial charge in [0.15, 0.2) is 11.5 Å². The van der Waals surface area contributed by atoms with E-state index in [1.54, 1.807) is 0 Å². The van der Waals surface area contributed by atoms with Crippen molar-refractivity contribution in [2.75, 3.05) is 19.9 Å². The molecule has 4 heteroatoms. The molecule has 2 aliphatic heterocycles. The van der Waals surface area contributed by atoms with Gasteiger partial charge in [0.05, 0.1) is 12.1 Å². The van der Waals surface area contributed by atoms with Crippen molar-refractivity contribution in [1.82, 2.24) is 0 Å². The second kappa shape index (κ2) is 9.40. The molecule has 30 heavy (non-hydrogen) atoms. The van der Waals surface area contributed by atoms with E-state index < -0.39 is 0 Å². The number of aryl methyl sites for hydroxylation is 1. The van der Waals surface area contributed by atoms with Gasteiger partial charge in [0.2, 0.25) is 6.79 Å². The number of quaternary nitrogens is 1. The average molecular weight is 411 g/mol. The monoisotopic (exact) mass is 410 g/mol. The van der Waals surface area contributed by atoms with Crippen molar-refractivity contribution in [2.45, 2.75) is 64.5 Å². The zero-order chi connectivity index (χ0) is 21.0. The molecule has 0 aliphatic carbocycles. The molecule has 0 radical (unpaired) electrons. The van der Waals surface area contributed by atoms with Crippen LogP contribution in [0, 0.1) is 12.8 Å². The Kier molecular flexibility index (Phi) is 6.64. The highest BCUT2D eigenvalue weighted by Gasteiger charge is 2.34. The summed E-state index contributed by atoms with van der Waals surface area (Å²) in [4.78, 5) is 0. The maximum absolute atomic E-state index is 6.00. The van der Waals surface area contributed by atoms with E-state index in [9.17, 15) is 0 Å². The van der Waals surface area contributed by atoms with E-state index in [1.807, 2.05) is 6.07 Å². The molecule has 0 unspecified atom stereocenters. The molecule has 1 fully saturated rings. The molecule has 2 N–H and O–H groups in total. The molecular weight excluding hydrogens is 374 g/mol. The maximum atomic E-state index is 6.00. The molecule has 2 aromatic carbocycles. The molecule has 4 nitrogen and oxygen atoms in total. The third-order valence-electron chi connectivity index (χ3n) is 6.55. The molecule has 0 saturated carbocycles. The zero-order valence-electron chi connectivity index (χ0n) is 18.7. The van der Waals surface area contributed by atoms with Gasteiger partial charge in [0.25, 0.3) is 0 Å². The Morgan fingerprint density at radius 3 is 2.67 bits per heavy atom. The highest BCUT2D eigenvalue weighted by molar-refractivity contribution is 5.44. The third-order valence-corrected chi connectivity index (χ3v) is 6.55. The number of ether oxygens (including phenoxy) is 3. The second-order valence-electron chi connectivity index (χ2n) is 9.49. The molecule has 2 atom stereocenters. The van der Waals surface area contributed by atoms with Gasteiger partial charge in [-0.15, -0.1) is 0 Å². The molecule has 162 valence electrons. The Hall–Kier alpha value is -2.04. The van der Waals surface area contributed by atoms with Crippen molar-refractivity contribution < 1.29 is 19.5 Å². The second-order valence-corrected chi connectivity index (χ2v) is 9.49. The summed E-state index contributed by atoms with van der Waals surface area (Å²) >= 11 is 0. The fourth-order valence-electron chi connectivity index (χ4n) is 4.93. The van der Waals surface area contributed by atoms with Crippen LogP contribution in [0.2, 0.25) is 0 Å². The summed E-state index contributed by atoms with van der Waals surface area (Å²) in [7, 11) is 0. The summed E-state index contributed by atoms with van der Waals surface area (Å²) in [6.07, 6.45) is 4.78. The van der Waals surface area contributed by atoms with E-state index in [0.29, 0.717) is 18.6 Å². The predicted octanol–water partition coefficient (Wildman–Crippen LogP) is 4.56. The summed E-state index contributed by atoms with van der Waals surface area (Å²) < 4.78 is 16.9. The van der Waals surface area contributed by atoms with Crippen LogP contribution in [0.4, 0.5) is 0 Å². The predicted molar refractivity (Wildman–Crippen MR) is 119 cm³/mol. The number of nitrogens with two attached hydrogens (primary N) is 1. The molecule has 4 rings (SSSR count). The maximum Gasteiger partial charge on any atom is 0.231 e. The summed E-state index contributed by atoms with van der Waals surface area (Å²) in [5, 5.41) is 2.41. The first-order chi connectivity index (χ1) is 14.5. The van der Waals surface area contributed by atoms with E-state index in [-0.39, 0.29) is 5.60 Å². The Balaban J connectivity index is 1.32. The van der Waals surface area contributed by atoms with Crippen LogP contribution in [-0.4, -0.2) is 25.5 Å². The van der Waals surface area contributed by atoms with Gasteiger partial charge in [0, 0.05) is 12.2 Å². The van der Waals surface area contributed by atoms with E-state index in [0.717, 1.165) is 37.6 Å². The minimum atomic E-state index is -0.00264. The Morgan fingerprint density at radius 2 is 1.87 bits per heavy atom. The number of hydrogen-bond acceptors (Lipinski definition) is 3. The van der Waals surface area contributed by atoms with Crippen LogP contribution in [-0.2, 0) is 11.3 Å². The van der Waals surface area contributed by atoms with Crippen LogP contribution in [0.25, 0.3) is 0 Å². The normalized spacial score (nSPS) is 20.8. The van der Waals surface area contributed by atoms with Crippen molar-refractivity contribution in [1.29, 1.82) is 0 Å². The molecule has 2 aromatic rings. The van der Waals surface area contributed by atoms with Gasteiger partial charge in [-0.3, -0.25) is 0 Å². The lowest BCUT2D eigenvalue weighted by Gasteiger charge is -2.39. The Labute approximate surface area is 180 Å². The summed E-state index contributed by atoms with van der Waals surface area (Å²) in [6, 6.07) is 15.5. The molecule has 0 spiro atoms. The van der Waals surface area contributed by atoms with Crippen molar-refractivity contribution in [2.24, 2.45) is 5.92 Å². The van der Waals surface area contributed by atoms with Gasteiger partial charge in [-0.05, 0) is 82.1 Å². The smallest absolute Gasteiger partial charge is 0.231 e. The highest BCUT2D eigenvalue weighted by atomic mass is 16.7. The summed E-state index contributed by atoms with van der Waals surface area (Å²) in [5.74, 6) is 3.06. The lowest BCUT2D eigenvalue weighted by Crippen LogP contribution is -2.82. The molecule has 0 bridgehead atoms. The van der Waals surface area contributed by atoms with Crippen LogP contribution in [0.5, 0.6) is 11.5 Å². The molecule has 2 aliphatic rings. The summed E-state index contributed by atoms with van der Waals surface area (Å²) in [6.45, 7) is 10.00. The Morgan fingerprint density at radius 1 is 1.07 bits per heavy atom. The van der Waals surface area contributed by atoms with Crippen LogP contribution < -0.4 is 14.8 Å². The first-order valence-electron chi connectivity index (χ1n) is 11.4. The minimum absolute atomic E-state index is 0.00264. The topological polar surface area (TPSA) is 44.3 Å². The van der Waals surface area contributed by atoms with Crippen molar-refractivity contribution in [3.63, 3.8) is 0 Å². The van der Waals surface area contributed by atoms with E-state index in [1.165, 1.54) is 36.0 Å². The molecular formula is C26H36NO3+. The number of fused-ring (bicyclic) bond motifs is 1. The van der Waals surface area contributed by atoms with Gasteiger partial charge < -0.3 is 19.5 Å². The number of hydrogen-bond donors (Lipinski definition) is 1. The minimum Gasteiger partial charge on any atom is -0.454 e. The van der Waals surface area contributed by atoms with Crippen molar-refractivity contribution in [3.8, 4) is 11.5 Å². The summed E-state index contributed by atoms with van der Waals surface area (Å²) in [5.41, 5.74) is 4.12. The van der Waals surface area contributed by atoms with Crippen molar-refractivity contribution >= 4 is 0 Å². The van der Waals surface area contributed by atoms with Gasteiger partial charge in [0.1, 0.15) is 6.54 Å². The molecule has 2 heterocycles. The van der Waals surface area contributed by atoms with Gasteiger partial charge in [-0.2, -0.15) is 0 Å². The average Bonchev–Trinajstić information content (AvgIpc) is 3.19. The van der Waals surface area contributed by atoms with Crippen LogP contribution in [0.3, 0.4) is 0 Å². The largest absolute Gasteiger partial charge is 0.454 e. The Bertz CT molecular complexity index is 831. The van der Waals surface area contributed by atoms with Gasteiger partial charge in [-0.1, -0.05) is 29.8 Å². The van der Waals surface area contributed by atoms with Gasteiger partial charge in [-0.25, -0.2) is 0 Å². The highest BCUT2D eigenvalue weighted by Crippen LogP contribution is 2.40. The lowest BCUT2D eigenvalue weighted by atomic mass is 9.74. The molecule has 0 aromatic heterocycles. The van der Waals surface area contributed by atoms with E-state index >= 15 is 0 Å². The quantitative estimate of drug-likeness (QED) is 0.649. The van der Waals surface area contributed by atoms with Crippen molar-refractivity contribution in [3.05, 3.63) is 59.2 Å². The lowest BCUT2D eigenvalue weighted by molar-refractivity contribution is -0.671. The zero-order valence-corrected chi connectivity index (χ0v) is 18.7. The van der Waals surface area contributed by atoms with E-state index in [4.69, 9.17) is 14.2 Å². The molecule has 0 amide bonds. The van der Waals surface area contributed by atoms with Crippen LogP contribution in [0.1, 0.15) is 62.1 Å². The first-order valence-corrected chi connectivity index (χ1v) is 11.4. The van der Waals surface area contributed by atoms with Crippen LogP contribution >= 0.6 is 0 Å². The standard InChI is InChI=1S/C26H35NO3/c1-19-6-9-21(10-7-19)23(22-12-14-30-26(2,3)16-22)5-4-13-27-17-20-8-11-24-25(15-20)29-18-28-24/h6-11,15,22-23,27H,4-5,12-14,16-18H2,1-3H3/p+1/t22-,23+/m0/s1.